The van der Waals surface area contributed by atoms with Crippen LogP contribution in [0.25, 0.3) is 0 Å². The second-order valence-corrected chi connectivity index (χ2v) is 6.07. The standard InChI is InChI=1S/C15H28N2O3.ClH/c1-19-11-14(16)15(18)17-8-6-13(7-9-17)20-10-12-4-2-3-5-12;/h12-14H,2-11,16H2,1H3;1H. The molecule has 1 aliphatic heterocycles. The van der Waals surface area contributed by atoms with Crippen molar-refractivity contribution < 1.29 is 14.3 Å². The summed E-state index contributed by atoms with van der Waals surface area (Å²) < 4.78 is 10.9. The molecule has 1 aliphatic carbocycles. The largest absolute Gasteiger partial charge is 0.383 e. The van der Waals surface area contributed by atoms with Crippen LogP contribution in [0.4, 0.5) is 0 Å². The lowest BCUT2D eigenvalue weighted by Crippen LogP contribution is -2.49. The van der Waals surface area contributed by atoms with Crippen LogP contribution < -0.4 is 5.73 Å². The predicted molar refractivity (Wildman–Crippen MR) is 84.6 cm³/mol. The molecule has 2 aliphatic rings. The van der Waals surface area contributed by atoms with E-state index in [4.69, 9.17) is 15.2 Å². The minimum atomic E-state index is -0.532. The molecule has 0 radical (unpaired) electrons. The highest BCUT2D eigenvalue weighted by molar-refractivity contribution is 5.85. The number of amides is 1. The van der Waals surface area contributed by atoms with Crippen molar-refractivity contribution in [3.05, 3.63) is 0 Å². The van der Waals surface area contributed by atoms with Crippen molar-refractivity contribution in [2.24, 2.45) is 11.7 Å². The molecule has 2 rings (SSSR count). The van der Waals surface area contributed by atoms with Crippen LogP contribution in [0.3, 0.4) is 0 Å². The molecule has 0 aromatic heterocycles. The normalized spacial score (nSPS) is 22.1. The van der Waals surface area contributed by atoms with Crippen LogP contribution in [0.1, 0.15) is 38.5 Å². The SMILES string of the molecule is COCC(N)C(=O)N1CCC(OCC2CCCC2)CC1.Cl. The summed E-state index contributed by atoms with van der Waals surface area (Å²) in [6.45, 7) is 2.70. The Balaban J connectivity index is 0.00000220. The first kappa shape index (κ1) is 18.7. The van der Waals surface area contributed by atoms with Crippen molar-refractivity contribution >= 4 is 18.3 Å². The number of carbonyl (C=O) groups is 1. The Morgan fingerprint density at radius 1 is 1.24 bits per heavy atom. The van der Waals surface area contributed by atoms with E-state index < -0.39 is 6.04 Å². The molecular formula is C15H29ClN2O3. The summed E-state index contributed by atoms with van der Waals surface area (Å²) in [6, 6.07) is -0.532. The highest BCUT2D eigenvalue weighted by atomic mass is 35.5. The van der Waals surface area contributed by atoms with Gasteiger partial charge in [0.15, 0.2) is 0 Å². The topological polar surface area (TPSA) is 64.8 Å². The number of nitrogens with zero attached hydrogens (tertiary/aromatic N) is 1. The van der Waals surface area contributed by atoms with Crippen LogP contribution in [0.2, 0.25) is 0 Å². The van der Waals surface area contributed by atoms with Crippen molar-refractivity contribution in [1.29, 1.82) is 0 Å². The van der Waals surface area contributed by atoms with Gasteiger partial charge in [0.2, 0.25) is 5.91 Å². The smallest absolute Gasteiger partial charge is 0.241 e. The Bertz CT molecular complexity index is 303. The van der Waals surface area contributed by atoms with E-state index in [0.29, 0.717) is 6.10 Å². The van der Waals surface area contributed by atoms with Crippen molar-refractivity contribution in [3.8, 4) is 0 Å². The van der Waals surface area contributed by atoms with Gasteiger partial charge in [0.25, 0.3) is 0 Å². The lowest BCUT2D eigenvalue weighted by Gasteiger charge is -2.33. The molecule has 0 bridgehead atoms. The number of hydrogen-bond donors (Lipinski definition) is 1. The summed E-state index contributed by atoms with van der Waals surface area (Å²) in [5.41, 5.74) is 5.79. The Kier molecular flexibility index (Phi) is 8.56. The molecule has 0 aromatic rings. The first-order chi connectivity index (χ1) is 9.70. The zero-order chi connectivity index (χ0) is 14.4. The summed E-state index contributed by atoms with van der Waals surface area (Å²) in [7, 11) is 1.57. The number of hydrogen-bond acceptors (Lipinski definition) is 4. The van der Waals surface area contributed by atoms with Gasteiger partial charge in [0.1, 0.15) is 6.04 Å². The quantitative estimate of drug-likeness (QED) is 0.807. The molecule has 1 heterocycles. The number of carbonyl (C=O) groups excluding carboxylic acids is 1. The minimum Gasteiger partial charge on any atom is -0.383 e. The molecule has 1 unspecified atom stereocenters. The molecule has 124 valence electrons. The van der Waals surface area contributed by atoms with Crippen LogP contribution in [0.5, 0.6) is 0 Å². The Labute approximate surface area is 133 Å². The van der Waals surface area contributed by atoms with Crippen molar-refractivity contribution in [2.75, 3.05) is 33.4 Å². The van der Waals surface area contributed by atoms with E-state index in [1.54, 1.807) is 7.11 Å². The lowest BCUT2D eigenvalue weighted by molar-refractivity contribution is -0.136. The summed E-state index contributed by atoms with van der Waals surface area (Å²) >= 11 is 0. The number of likely N-dealkylation sites (tertiary alicyclic amines) is 1. The first-order valence-electron chi connectivity index (χ1n) is 7.85. The van der Waals surface area contributed by atoms with Gasteiger partial charge < -0.3 is 20.1 Å². The van der Waals surface area contributed by atoms with Crippen LogP contribution in [0, 0.1) is 5.92 Å². The second-order valence-electron chi connectivity index (χ2n) is 6.07. The molecule has 2 N–H and O–H groups in total. The van der Waals surface area contributed by atoms with Gasteiger partial charge in [0, 0.05) is 26.8 Å². The second kappa shape index (κ2) is 9.62. The summed E-state index contributed by atoms with van der Waals surface area (Å²) in [5, 5.41) is 0. The van der Waals surface area contributed by atoms with Crippen LogP contribution >= 0.6 is 12.4 Å². The van der Waals surface area contributed by atoms with Crippen molar-refractivity contribution in [1.82, 2.24) is 4.90 Å². The van der Waals surface area contributed by atoms with Crippen molar-refractivity contribution in [3.63, 3.8) is 0 Å². The Hall–Kier alpha value is -0.360. The van der Waals surface area contributed by atoms with Crippen molar-refractivity contribution in [2.45, 2.75) is 50.7 Å². The maximum absolute atomic E-state index is 12.0. The molecular weight excluding hydrogens is 292 g/mol. The fraction of sp³-hybridized carbons (Fsp3) is 0.933. The van der Waals surface area contributed by atoms with Crippen LogP contribution in [-0.2, 0) is 14.3 Å². The van der Waals surface area contributed by atoms with Gasteiger partial charge in [-0.15, -0.1) is 12.4 Å². The number of nitrogens with two attached hydrogens (primary N) is 1. The minimum absolute atomic E-state index is 0. The summed E-state index contributed by atoms with van der Waals surface area (Å²) in [4.78, 5) is 13.9. The lowest BCUT2D eigenvalue weighted by atomic mass is 10.1. The molecule has 1 amide bonds. The molecule has 6 heteroatoms. The molecule has 1 saturated carbocycles. The number of piperidine rings is 1. The average Bonchev–Trinajstić information content (AvgIpc) is 2.98. The van der Waals surface area contributed by atoms with Gasteiger partial charge in [-0.2, -0.15) is 0 Å². The third-order valence-electron chi connectivity index (χ3n) is 4.46. The predicted octanol–water partition coefficient (Wildman–Crippen LogP) is 1.58. The third-order valence-corrected chi connectivity index (χ3v) is 4.46. The molecule has 0 aromatic carbocycles. The van der Waals surface area contributed by atoms with E-state index in [9.17, 15) is 4.79 Å². The molecule has 1 saturated heterocycles. The third kappa shape index (κ3) is 5.74. The monoisotopic (exact) mass is 320 g/mol. The molecule has 1 atom stereocenters. The van der Waals surface area contributed by atoms with E-state index in [1.165, 1.54) is 25.7 Å². The van der Waals surface area contributed by atoms with Gasteiger partial charge in [-0.05, 0) is 31.6 Å². The van der Waals surface area contributed by atoms with E-state index in [-0.39, 0.29) is 24.9 Å². The van der Waals surface area contributed by atoms with Crippen LogP contribution in [0.15, 0.2) is 0 Å². The maximum atomic E-state index is 12.0. The number of halogens is 1. The highest BCUT2D eigenvalue weighted by Gasteiger charge is 2.27. The van der Waals surface area contributed by atoms with E-state index in [2.05, 4.69) is 0 Å². The summed E-state index contributed by atoms with van der Waals surface area (Å²) in [5.74, 6) is 0.769. The maximum Gasteiger partial charge on any atom is 0.241 e. The van der Waals surface area contributed by atoms with E-state index in [0.717, 1.165) is 38.5 Å². The fourth-order valence-corrected chi connectivity index (χ4v) is 3.18. The fourth-order valence-electron chi connectivity index (χ4n) is 3.18. The highest BCUT2D eigenvalue weighted by Crippen LogP contribution is 2.26. The molecule has 0 spiro atoms. The van der Waals surface area contributed by atoms with Gasteiger partial charge in [-0.25, -0.2) is 0 Å². The van der Waals surface area contributed by atoms with Crippen LogP contribution in [-0.4, -0.2) is 56.4 Å². The van der Waals surface area contributed by atoms with Gasteiger partial charge in [-0.1, -0.05) is 12.8 Å². The number of methoxy groups -OCH3 is 1. The van der Waals surface area contributed by atoms with Gasteiger partial charge in [0.05, 0.1) is 12.7 Å². The zero-order valence-corrected chi connectivity index (χ0v) is 13.8. The average molecular weight is 321 g/mol. The van der Waals surface area contributed by atoms with Gasteiger partial charge in [-0.3, -0.25) is 4.79 Å². The number of ether oxygens (including phenoxy) is 2. The summed E-state index contributed by atoms with van der Waals surface area (Å²) in [6.07, 6.45) is 7.54. The van der Waals surface area contributed by atoms with Gasteiger partial charge >= 0.3 is 0 Å². The van der Waals surface area contributed by atoms with E-state index >= 15 is 0 Å². The molecule has 5 nitrogen and oxygen atoms in total. The molecule has 2 fully saturated rings. The first-order valence-corrected chi connectivity index (χ1v) is 7.85. The van der Waals surface area contributed by atoms with E-state index in [1.807, 2.05) is 4.90 Å². The molecule has 21 heavy (non-hydrogen) atoms. The Morgan fingerprint density at radius 3 is 2.43 bits per heavy atom. The Morgan fingerprint density at radius 2 is 1.86 bits per heavy atom. The zero-order valence-electron chi connectivity index (χ0n) is 13.0. The number of rotatable bonds is 6.